The minimum absolute atomic E-state index is 0.393. The van der Waals surface area contributed by atoms with E-state index in [2.05, 4.69) is 48.2 Å². The number of fused-ring (bicyclic) bond motifs is 3. The third-order valence-corrected chi connectivity index (χ3v) is 6.78. The first-order valence-electron chi connectivity index (χ1n) is 10.1. The number of H-pyrrole nitrogens is 1. The van der Waals surface area contributed by atoms with Crippen LogP contribution in [-0.2, 0) is 0 Å². The number of hydrogen-bond donors (Lipinski definition) is 3. The van der Waals surface area contributed by atoms with Crippen molar-refractivity contribution in [3.8, 4) is 6.07 Å². The zero-order valence-electron chi connectivity index (χ0n) is 16.4. The highest BCUT2D eigenvalue weighted by atomic mass is 32.1. The van der Waals surface area contributed by atoms with Crippen LogP contribution in [0.5, 0.6) is 0 Å². The number of aryl methyl sites for hydroxylation is 1. The lowest BCUT2D eigenvalue weighted by Crippen LogP contribution is -2.47. The molecule has 0 aliphatic carbocycles. The van der Waals surface area contributed by atoms with Gasteiger partial charge in [-0.05, 0) is 44.1 Å². The van der Waals surface area contributed by atoms with Crippen LogP contribution in [0.25, 0.3) is 10.2 Å². The van der Waals surface area contributed by atoms with Gasteiger partial charge in [-0.15, -0.1) is 11.3 Å². The highest BCUT2D eigenvalue weighted by molar-refractivity contribution is 7.16. The predicted molar refractivity (Wildman–Crippen MR) is 114 cm³/mol. The molecule has 2 fully saturated rings. The predicted octanol–water partition coefficient (Wildman–Crippen LogP) is 3.79. The van der Waals surface area contributed by atoms with Crippen LogP contribution in [0.3, 0.4) is 0 Å². The first-order valence-corrected chi connectivity index (χ1v) is 11.0. The monoisotopic (exact) mass is 408 g/mol. The molecule has 0 saturated carbocycles. The standard InChI is InChI=1S/C20H24N8S/c1-12-9-17(27-26-12)23-20-24-18(16-5-8-29-19(16)25-20)22-13-10-14-3-4-15(11-13)28(14)7-2-6-21/h5,8-9,13-15H,2-4,7,10-11H2,1H3,(H3,22,23,24,25,26,27)/t13?,14-,15+. The topological polar surface area (TPSA) is 106 Å². The number of piperidine rings is 1. The van der Waals surface area contributed by atoms with Crippen molar-refractivity contribution in [2.45, 2.75) is 57.2 Å². The molecular formula is C20H24N8S. The summed E-state index contributed by atoms with van der Waals surface area (Å²) in [5, 5.41) is 26.1. The maximum Gasteiger partial charge on any atom is 0.231 e. The molecule has 2 aliphatic rings. The fourth-order valence-electron chi connectivity index (χ4n) is 4.75. The summed E-state index contributed by atoms with van der Waals surface area (Å²) in [6.45, 7) is 2.86. The molecule has 2 bridgehead atoms. The minimum atomic E-state index is 0.393. The highest BCUT2D eigenvalue weighted by Crippen LogP contribution is 2.37. The summed E-state index contributed by atoms with van der Waals surface area (Å²) < 4.78 is 0. The Bertz CT molecular complexity index is 1040. The van der Waals surface area contributed by atoms with E-state index in [1.807, 2.05) is 13.0 Å². The van der Waals surface area contributed by atoms with E-state index in [4.69, 9.17) is 10.2 Å². The van der Waals surface area contributed by atoms with Crippen molar-refractivity contribution in [3.63, 3.8) is 0 Å². The van der Waals surface area contributed by atoms with Crippen LogP contribution in [0.1, 0.15) is 37.8 Å². The van der Waals surface area contributed by atoms with Gasteiger partial charge in [-0.2, -0.15) is 15.3 Å². The maximum absolute atomic E-state index is 8.94. The van der Waals surface area contributed by atoms with Crippen LogP contribution in [0, 0.1) is 18.3 Å². The van der Waals surface area contributed by atoms with E-state index in [9.17, 15) is 0 Å². The van der Waals surface area contributed by atoms with Crippen LogP contribution in [0.15, 0.2) is 17.5 Å². The SMILES string of the molecule is Cc1cc(Nc2nc(NC3C[C@H]4CC[C@@H](C3)N4CCC#N)c3ccsc3n2)n[nH]1. The number of aromatic nitrogens is 4. The van der Waals surface area contributed by atoms with Gasteiger partial charge >= 0.3 is 0 Å². The van der Waals surface area contributed by atoms with Gasteiger partial charge in [0.25, 0.3) is 0 Å². The first-order chi connectivity index (χ1) is 14.2. The van der Waals surface area contributed by atoms with Crippen LogP contribution in [0.4, 0.5) is 17.6 Å². The second-order valence-electron chi connectivity index (χ2n) is 7.94. The molecule has 0 aromatic carbocycles. The van der Waals surface area contributed by atoms with Gasteiger partial charge in [0.2, 0.25) is 5.95 Å². The number of thiophene rings is 1. The fraction of sp³-hybridized carbons (Fsp3) is 0.500. The molecule has 5 rings (SSSR count). The molecule has 3 aromatic rings. The number of anilines is 3. The molecule has 2 aliphatic heterocycles. The molecule has 150 valence electrons. The molecule has 1 unspecified atom stereocenters. The number of rotatable bonds is 6. The molecule has 5 heterocycles. The molecule has 29 heavy (non-hydrogen) atoms. The zero-order valence-corrected chi connectivity index (χ0v) is 17.2. The number of nitriles is 1. The van der Waals surface area contributed by atoms with E-state index in [0.29, 0.717) is 36.3 Å². The van der Waals surface area contributed by atoms with E-state index in [0.717, 1.165) is 41.1 Å². The lowest BCUT2D eigenvalue weighted by atomic mass is 9.97. The lowest BCUT2D eigenvalue weighted by molar-refractivity contribution is 0.136. The van der Waals surface area contributed by atoms with Crippen molar-refractivity contribution in [1.29, 1.82) is 5.26 Å². The summed E-state index contributed by atoms with van der Waals surface area (Å²) in [6.07, 6.45) is 5.28. The molecule has 2 saturated heterocycles. The van der Waals surface area contributed by atoms with Gasteiger partial charge < -0.3 is 10.6 Å². The smallest absolute Gasteiger partial charge is 0.231 e. The normalized spacial score (nSPS) is 23.9. The largest absolute Gasteiger partial charge is 0.367 e. The maximum atomic E-state index is 8.94. The summed E-state index contributed by atoms with van der Waals surface area (Å²) >= 11 is 1.62. The molecule has 0 spiro atoms. The average Bonchev–Trinajstić information content (AvgIpc) is 3.39. The van der Waals surface area contributed by atoms with Crippen molar-refractivity contribution in [3.05, 3.63) is 23.2 Å². The number of nitrogens with zero attached hydrogens (tertiary/aromatic N) is 5. The summed E-state index contributed by atoms with van der Waals surface area (Å²) in [5.41, 5.74) is 0.988. The van der Waals surface area contributed by atoms with E-state index >= 15 is 0 Å². The Balaban J connectivity index is 1.35. The highest BCUT2D eigenvalue weighted by Gasteiger charge is 2.40. The van der Waals surface area contributed by atoms with Crippen LogP contribution < -0.4 is 10.6 Å². The van der Waals surface area contributed by atoms with E-state index in [-0.39, 0.29) is 0 Å². The van der Waals surface area contributed by atoms with Crippen molar-refractivity contribution in [2.75, 3.05) is 17.2 Å². The third kappa shape index (κ3) is 3.66. The number of aromatic amines is 1. The molecule has 0 radical (unpaired) electrons. The average molecular weight is 409 g/mol. The van der Waals surface area contributed by atoms with Gasteiger partial charge in [0.05, 0.1) is 11.5 Å². The first kappa shape index (κ1) is 18.3. The Morgan fingerprint density at radius 2 is 2.14 bits per heavy atom. The van der Waals surface area contributed by atoms with E-state index in [1.54, 1.807) is 11.3 Å². The van der Waals surface area contributed by atoms with Crippen molar-refractivity contribution < 1.29 is 0 Å². The van der Waals surface area contributed by atoms with Crippen molar-refractivity contribution in [2.24, 2.45) is 0 Å². The summed E-state index contributed by atoms with van der Waals surface area (Å²) in [6, 6.07) is 7.85. The van der Waals surface area contributed by atoms with Crippen LogP contribution >= 0.6 is 11.3 Å². The van der Waals surface area contributed by atoms with Gasteiger partial charge in [0, 0.05) is 42.9 Å². The summed E-state index contributed by atoms with van der Waals surface area (Å²) in [4.78, 5) is 12.9. The Morgan fingerprint density at radius 3 is 2.86 bits per heavy atom. The summed E-state index contributed by atoms with van der Waals surface area (Å²) in [7, 11) is 0. The van der Waals surface area contributed by atoms with Gasteiger partial charge in [-0.25, -0.2) is 4.98 Å². The number of hydrogen-bond acceptors (Lipinski definition) is 8. The number of nitrogens with one attached hydrogen (secondary N) is 3. The molecule has 3 N–H and O–H groups in total. The van der Waals surface area contributed by atoms with Gasteiger partial charge in [-0.3, -0.25) is 10.00 Å². The van der Waals surface area contributed by atoms with Gasteiger partial charge in [0.15, 0.2) is 5.82 Å². The summed E-state index contributed by atoms with van der Waals surface area (Å²) in [5.74, 6) is 2.16. The molecule has 9 heteroatoms. The van der Waals surface area contributed by atoms with Gasteiger partial charge in [-0.1, -0.05) is 0 Å². The lowest BCUT2D eigenvalue weighted by Gasteiger charge is -2.39. The second kappa shape index (κ2) is 7.61. The molecular weight excluding hydrogens is 384 g/mol. The molecule has 8 nitrogen and oxygen atoms in total. The Morgan fingerprint density at radius 1 is 1.31 bits per heavy atom. The Kier molecular flexibility index (Phi) is 4.81. The molecule has 3 atom stereocenters. The van der Waals surface area contributed by atoms with Crippen molar-refractivity contribution >= 4 is 39.1 Å². The Hall–Kier alpha value is -2.70. The van der Waals surface area contributed by atoms with Gasteiger partial charge in [0.1, 0.15) is 10.6 Å². The zero-order chi connectivity index (χ0) is 19.8. The second-order valence-corrected chi connectivity index (χ2v) is 8.83. The van der Waals surface area contributed by atoms with E-state index < -0.39 is 0 Å². The minimum Gasteiger partial charge on any atom is -0.367 e. The fourth-order valence-corrected chi connectivity index (χ4v) is 5.51. The molecule has 3 aromatic heterocycles. The Labute approximate surface area is 173 Å². The van der Waals surface area contributed by atoms with E-state index in [1.165, 1.54) is 12.8 Å². The molecule has 0 amide bonds. The van der Waals surface area contributed by atoms with Crippen molar-refractivity contribution in [1.82, 2.24) is 25.1 Å². The quantitative estimate of drug-likeness (QED) is 0.570. The third-order valence-electron chi connectivity index (χ3n) is 5.98. The van der Waals surface area contributed by atoms with Crippen LogP contribution in [0.2, 0.25) is 0 Å². The van der Waals surface area contributed by atoms with Crippen LogP contribution in [-0.4, -0.2) is 49.7 Å².